The molecule has 0 aromatic carbocycles. The van der Waals surface area contributed by atoms with Crippen LogP contribution in [-0.4, -0.2) is 29.8 Å². The maximum atomic E-state index is 11.3. The van der Waals surface area contributed by atoms with Crippen molar-refractivity contribution in [3.63, 3.8) is 0 Å². The number of rotatable bonds is 4. The van der Waals surface area contributed by atoms with Gasteiger partial charge in [-0.1, -0.05) is 19.3 Å². The van der Waals surface area contributed by atoms with E-state index in [1.54, 1.807) is 6.92 Å². The number of nitrogens with two attached hydrogens (primary N) is 1. The van der Waals surface area contributed by atoms with E-state index < -0.39 is 18.1 Å². The lowest BCUT2D eigenvalue weighted by Crippen LogP contribution is -2.47. The highest BCUT2D eigenvalue weighted by molar-refractivity contribution is 5.85. The number of hydrogen-bond donors (Lipinski definition) is 2. The molecule has 1 saturated carbocycles. The summed E-state index contributed by atoms with van der Waals surface area (Å²) in [4.78, 5) is 11.3. The van der Waals surface area contributed by atoms with E-state index in [1.807, 2.05) is 0 Å². The van der Waals surface area contributed by atoms with E-state index in [1.165, 1.54) is 6.42 Å². The van der Waals surface area contributed by atoms with Crippen molar-refractivity contribution < 1.29 is 14.6 Å². The molecular formula is C11H22ClNO3. The molecule has 0 radical (unpaired) electrons. The van der Waals surface area contributed by atoms with Gasteiger partial charge in [0.05, 0.1) is 12.7 Å². The van der Waals surface area contributed by atoms with E-state index in [0.717, 1.165) is 25.7 Å². The predicted octanol–water partition coefficient (Wildman–Crippen LogP) is 1.24. The molecule has 5 heteroatoms. The largest absolute Gasteiger partial charge is 0.465 e. The first-order chi connectivity index (χ1) is 7.16. The molecule has 96 valence electrons. The molecule has 4 nitrogen and oxygen atoms in total. The van der Waals surface area contributed by atoms with E-state index in [0.29, 0.717) is 6.61 Å². The second kappa shape index (κ2) is 7.87. The molecule has 2 atom stereocenters. The minimum absolute atomic E-state index is 0. The van der Waals surface area contributed by atoms with Gasteiger partial charge in [0.25, 0.3) is 0 Å². The van der Waals surface area contributed by atoms with Gasteiger partial charge in [0.2, 0.25) is 0 Å². The number of hydrogen-bond acceptors (Lipinski definition) is 4. The molecule has 0 bridgehead atoms. The lowest BCUT2D eigenvalue weighted by molar-refractivity contribution is -0.148. The maximum absolute atomic E-state index is 11.3. The highest BCUT2D eigenvalue weighted by Crippen LogP contribution is 2.27. The zero-order chi connectivity index (χ0) is 11.3. The van der Waals surface area contributed by atoms with Gasteiger partial charge >= 0.3 is 5.97 Å². The average Bonchev–Trinajstić information content (AvgIpc) is 2.28. The van der Waals surface area contributed by atoms with Crippen molar-refractivity contribution in [2.24, 2.45) is 11.7 Å². The van der Waals surface area contributed by atoms with E-state index in [9.17, 15) is 9.90 Å². The molecule has 0 saturated heterocycles. The Bertz CT molecular complexity index is 207. The molecule has 1 rings (SSSR count). The zero-order valence-electron chi connectivity index (χ0n) is 9.72. The Morgan fingerprint density at radius 3 is 2.50 bits per heavy atom. The van der Waals surface area contributed by atoms with Gasteiger partial charge in [0, 0.05) is 0 Å². The van der Waals surface area contributed by atoms with Gasteiger partial charge in [-0.3, -0.25) is 4.79 Å². The van der Waals surface area contributed by atoms with Crippen LogP contribution in [0.25, 0.3) is 0 Å². The van der Waals surface area contributed by atoms with Crippen LogP contribution >= 0.6 is 12.4 Å². The number of halogens is 1. The molecule has 0 amide bonds. The van der Waals surface area contributed by atoms with Crippen molar-refractivity contribution in [1.82, 2.24) is 0 Å². The van der Waals surface area contributed by atoms with E-state index in [2.05, 4.69) is 0 Å². The molecule has 0 aliphatic heterocycles. The van der Waals surface area contributed by atoms with Crippen molar-refractivity contribution in [2.75, 3.05) is 6.61 Å². The first kappa shape index (κ1) is 15.7. The quantitative estimate of drug-likeness (QED) is 0.738. The summed E-state index contributed by atoms with van der Waals surface area (Å²) in [7, 11) is 0. The molecule has 1 fully saturated rings. The van der Waals surface area contributed by atoms with Crippen molar-refractivity contribution in [1.29, 1.82) is 0 Å². The summed E-state index contributed by atoms with van der Waals surface area (Å²) in [6, 6.07) is -0.881. The summed E-state index contributed by atoms with van der Waals surface area (Å²) in [6.45, 7) is 2.04. The summed E-state index contributed by atoms with van der Waals surface area (Å²) in [5, 5.41) is 9.91. The van der Waals surface area contributed by atoms with Crippen LogP contribution in [0.1, 0.15) is 39.0 Å². The summed E-state index contributed by atoms with van der Waals surface area (Å²) in [5.74, 6) is -0.325. The fourth-order valence-electron chi connectivity index (χ4n) is 2.15. The molecule has 0 unspecified atom stereocenters. The highest BCUT2D eigenvalue weighted by atomic mass is 35.5. The van der Waals surface area contributed by atoms with Crippen LogP contribution < -0.4 is 5.73 Å². The number of carbonyl (C=O) groups is 1. The monoisotopic (exact) mass is 251 g/mol. The van der Waals surface area contributed by atoms with Gasteiger partial charge in [0.15, 0.2) is 0 Å². The number of carbonyl (C=O) groups excluding carboxylic acids is 1. The second-order valence-electron chi connectivity index (χ2n) is 4.17. The lowest BCUT2D eigenvalue weighted by Gasteiger charge is -2.29. The van der Waals surface area contributed by atoms with Crippen LogP contribution in [0, 0.1) is 5.92 Å². The first-order valence-electron chi connectivity index (χ1n) is 5.77. The molecule has 3 N–H and O–H groups in total. The van der Waals surface area contributed by atoms with Gasteiger partial charge in [-0.05, 0) is 25.7 Å². The Kier molecular flexibility index (Phi) is 7.72. The van der Waals surface area contributed by atoms with E-state index in [-0.39, 0.29) is 18.3 Å². The van der Waals surface area contributed by atoms with Gasteiger partial charge in [-0.15, -0.1) is 12.4 Å². The third kappa shape index (κ3) is 4.28. The molecular weight excluding hydrogens is 230 g/mol. The third-order valence-corrected chi connectivity index (χ3v) is 3.06. The SMILES string of the molecule is CCOC(=O)[C@H](N)[C@H](O)C1CCCCC1.Cl. The lowest BCUT2D eigenvalue weighted by atomic mass is 9.83. The van der Waals surface area contributed by atoms with E-state index in [4.69, 9.17) is 10.5 Å². The van der Waals surface area contributed by atoms with Crippen LogP contribution in [0.2, 0.25) is 0 Å². The smallest absolute Gasteiger partial charge is 0.325 e. The minimum Gasteiger partial charge on any atom is -0.465 e. The fraction of sp³-hybridized carbons (Fsp3) is 0.909. The summed E-state index contributed by atoms with van der Waals surface area (Å²) in [5.41, 5.74) is 5.65. The van der Waals surface area contributed by atoms with Crippen LogP contribution in [0.3, 0.4) is 0 Å². The number of aliphatic hydroxyl groups excluding tert-OH is 1. The summed E-state index contributed by atoms with van der Waals surface area (Å²) in [6.07, 6.45) is 4.65. The normalized spacial score (nSPS) is 20.7. The van der Waals surface area contributed by atoms with Gasteiger partial charge < -0.3 is 15.6 Å². The Morgan fingerprint density at radius 1 is 1.44 bits per heavy atom. The van der Waals surface area contributed by atoms with E-state index >= 15 is 0 Å². The molecule has 0 aromatic rings. The fourth-order valence-corrected chi connectivity index (χ4v) is 2.15. The van der Waals surface area contributed by atoms with Crippen molar-refractivity contribution in [2.45, 2.75) is 51.2 Å². The summed E-state index contributed by atoms with van der Waals surface area (Å²) < 4.78 is 4.79. The Morgan fingerprint density at radius 2 is 2.00 bits per heavy atom. The molecule has 1 aliphatic rings. The maximum Gasteiger partial charge on any atom is 0.325 e. The number of ether oxygens (including phenoxy) is 1. The summed E-state index contributed by atoms with van der Waals surface area (Å²) >= 11 is 0. The van der Waals surface area contributed by atoms with Crippen molar-refractivity contribution in [3.8, 4) is 0 Å². The first-order valence-corrected chi connectivity index (χ1v) is 5.77. The zero-order valence-corrected chi connectivity index (χ0v) is 10.5. The molecule has 16 heavy (non-hydrogen) atoms. The van der Waals surface area contributed by atoms with Gasteiger partial charge in [-0.25, -0.2) is 0 Å². The van der Waals surface area contributed by atoms with Crippen LogP contribution in [0.15, 0.2) is 0 Å². The molecule has 1 aliphatic carbocycles. The minimum atomic E-state index is -0.881. The van der Waals surface area contributed by atoms with Gasteiger partial charge in [0.1, 0.15) is 6.04 Å². The predicted molar refractivity (Wildman–Crippen MR) is 64.4 cm³/mol. The standard InChI is InChI=1S/C11H21NO3.ClH/c1-2-15-11(14)9(12)10(13)8-6-4-3-5-7-8;/h8-10,13H,2-7,12H2,1H3;1H/t9-,10-;/m1./s1. The molecule has 0 heterocycles. The van der Waals surface area contributed by atoms with Gasteiger partial charge in [-0.2, -0.15) is 0 Å². The topological polar surface area (TPSA) is 72.5 Å². The second-order valence-corrected chi connectivity index (χ2v) is 4.17. The molecule has 0 aromatic heterocycles. The average molecular weight is 252 g/mol. The highest BCUT2D eigenvalue weighted by Gasteiger charge is 2.31. The third-order valence-electron chi connectivity index (χ3n) is 3.06. The van der Waals surface area contributed by atoms with Crippen LogP contribution in [0.4, 0.5) is 0 Å². The van der Waals surface area contributed by atoms with Crippen molar-refractivity contribution in [3.05, 3.63) is 0 Å². The van der Waals surface area contributed by atoms with Crippen LogP contribution in [0.5, 0.6) is 0 Å². The van der Waals surface area contributed by atoms with Crippen molar-refractivity contribution >= 4 is 18.4 Å². The Balaban J connectivity index is 0.00000225. The Labute approximate surface area is 103 Å². The number of aliphatic hydroxyl groups is 1. The Hall–Kier alpha value is -0.320. The molecule has 0 spiro atoms. The van der Waals surface area contributed by atoms with Crippen LogP contribution in [-0.2, 0) is 9.53 Å². The number of esters is 1.